The molecule has 0 saturated carbocycles. The Morgan fingerprint density at radius 1 is 1.42 bits per heavy atom. The fourth-order valence-corrected chi connectivity index (χ4v) is 5.44. The summed E-state index contributed by atoms with van der Waals surface area (Å²) < 4.78 is 28.0. The molecule has 0 spiro atoms. The molecule has 0 aliphatic carbocycles. The minimum atomic E-state index is -3.39. The van der Waals surface area contributed by atoms with E-state index in [0.29, 0.717) is 30.7 Å². The van der Waals surface area contributed by atoms with Crippen LogP contribution in [-0.2, 0) is 21.4 Å². The van der Waals surface area contributed by atoms with Gasteiger partial charge in [0.2, 0.25) is 10.0 Å². The summed E-state index contributed by atoms with van der Waals surface area (Å²) in [5.41, 5.74) is 2.20. The van der Waals surface area contributed by atoms with Crippen LogP contribution in [0.3, 0.4) is 0 Å². The molecule has 1 unspecified atom stereocenters. The van der Waals surface area contributed by atoms with Crippen molar-refractivity contribution in [3.63, 3.8) is 0 Å². The molecule has 1 atom stereocenters. The molecule has 1 aromatic carbocycles. The normalized spacial score (nSPS) is 20.1. The van der Waals surface area contributed by atoms with Gasteiger partial charge >= 0.3 is 0 Å². The van der Waals surface area contributed by atoms with E-state index in [4.69, 9.17) is 0 Å². The number of rotatable bonds is 3. The second-order valence-electron chi connectivity index (χ2n) is 6.08. The van der Waals surface area contributed by atoms with E-state index >= 15 is 0 Å². The third-order valence-corrected chi connectivity index (χ3v) is 6.61. The van der Waals surface area contributed by atoms with Crippen LogP contribution in [-0.4, -0.2) is 42.0 Å². The number of aromatic nitrogens is 1. The summed E-state index contributed by atoms with van der Waals surface area (Å²) in [7, 11) is -3.39. The lowest BCUT2D eigenvalue weighted by atomic mass is 10.2. The highest BCUT2D eigenvalue weighted by Crippen LogP contribution is 2.22. The van der Waals surface area contributed by atoms with Crippen LogP contribution < -0.4 is 4.80 Å². The zero-order valence-corrected chi connectivity index (χ0v) is 15.7. The fraction of sp³-hybridized carbons (Fsp3) is 0.500. The van der Waals surface area contributed by atoms with E-state index in [9.17, 15) is 13.2 Å². The molecule has 1 aliphatic rings. The van der Waals surface area contributed by atoms with E-state index in [2.05, 4.69) is 11.1 Å². The molecule has 1 amide bonds. The van der Waals surface area contributed by atoms with Crippen molar-refractivity contribution in [1.82, 2.24) is 8.87 Å². The molecule has 0 N–H and O–H groups in total. The molecule has 1 aliphatic heterocycles. The van der Waals surface area contributed by atoms with Crippen molar-refractivity contribution in [2.24, 2.45) is 4.99 Å². The van der Waals surface area contributed by atoms with Gasteiger partial charge in [-0.25, -0.2) is 8.42 Å². The molecule has 8 heteroatoms. The molecule has 130 valence electrons. The average molecular weight is 367 g/mol. The number of carbonyl (C=O) groups excluding carboxylic acids is 1. The second-order valence-corrected chi connectivity index (χ2v) is 9.03. The summed E-state index contributed by atoms with van der Waals surface area (Å²) in [6.45, 7) is 5.13. The van der Waals surface area contributed by atoms with Crippen molar-refractivity contribution in [2.45, 2.75) is 39.3 Å². The van der Waals surface area contributed by atoms with Crippen LogP contribution in [0, 0.1) is 6.92 Å². The average Bonchev–Trinajstić information content (AvgIpc) is 3.10. The molecular weight excluding hydrogens is 346 g/mol. The van der Waals surface area contributed by atoms with Gasteiger partial charge in [-0.3, -0.25) is 4.79 Å². The summed E-state index contributed by atoms with van der Waals surface area (Å²) in [6.07, 6.45) is 2.37. The Labute approximate surface area is 145 Å². The van der Waals surface area contributed by atoms with E-state index < -0.39 is 16.1 Å². The maximum absolute atomic E-state index is 12.6. The van der Waals surface area contributed by atoms with Gasteiger partial charge in [0.1, 0.15) is 6.04 Å². The van der Waals surface area contributed by atoms with Crippen LogP contribution in [0.25, 0.3) is 10.2 Å². The van der Waals surface area contributed by atoms with Crippen molar-refractivity contribution in [3.8, 4) is 0 Å². The Balaban J connectivity index is 2.05. The van der Waals surface area contributed by atoms with Crippen molar-refractivity contribution in [1.29, 1.82) is 0 Å². The zero-order valence-electron chi connectivity index (χ0n) is 14.0. The number of sulfonamides is 1. The largest absolute Gasteiger partial charge is 0.317 e. The molecule has 1 fully saturated rings. The number of thiazole rings is 1. The minimum absolute atomic E-state index is 0.372. The van der Waals surface area contributed by atoms with Crippen LogP contribution in [0.2, 0.25) is 0 Å². The van der Waals surface area contributed by atoms with Gasteiger partial charge in [0.05, 0.1) is 16.5 Å². The van der Waals surface area contributed by atoms with Crippen molar-refractivity contribution >= 4 is 37.5 Å². The van der Waals surface area contributed by atoms with Crippen LogP contribution in [0.5, 0.6) is 0 Å². The quantitative estimate of drug-likeness (QED) is 0.832. The van der Waals surface area contributed by atoms with E-state index in [0.717, 1.165) is 22.0 Å². The van der Waals surface area contributed by atoms with Gasteiger partial charge in [0.15, 0.2) is 4.80 Å². The first kappa shape index (κ1) is 17.3. The third kappa shape index (κ3) is 3.18. The predicted octanol–water partition coefficient (Wildman–Crippen LogP) is 1.88. The van der Waals surface area contributed by atoms with Gasteiger partial charge in [-0.1, -0.05) is 17.4 Å². The molecule has 24 heavy (non-hydrogen) atoms. The summed E-state index contributed by atoms with van der Waals surface area (Å²) in [6, 6.07) is 5.48. The maximum atomic E-state index is 12.6. The Morgan fingerprint density at radius 3 is 2.83 bits per heavy atom. The SMILES string of the molecule is CCn1c(=NC(=O)C2CCCN2S(C)(=O)=O)sc2cc(C)ccc21. The molecule has 3 rings (SSSR count). The van der Waals surface area contributed by atoms with E-state index in [1.54, 1.807) is 0 Å². The highest BCUT2D eigenvalue weighted by molar-refractivity contribution is 7.88. The van der Waals surface area contributed by atoms with E-state index in [1.807, 2.05) is 30.5 Å². The minimum Gasteiger partial charge on any atom is -0.317 e. The summed E-state index contributed by atoms with van der Waals surface area (Å²) in [5, 5.41) is 0. The van der Waals surface area contributed by atoms with Gasteiger partial charge in [0, 0.05) is 13.1 Å². The number of nitrogens with zero attached hydrogens (tertiary/aromatic N) is 3. The van der Waals surface area contributed by atoms with Crippen molar-refractivity contribution < 1.29 is 13.2 Å². The third-order valence-electron chi connectivity index (χ3n) is 4.28. The lowest BCUT2D eigenvalue weighted by Crippen LogP contribution is -2.39. The first-order valence-electron chi connectivity index (χ1n) is 7.96. The summed E-state index contributed by atoms with van der Waals surface area (Å²) >= 11 is 1.47. The molecule has 0 bridgehead atoms. The highest BCUT2D eigenvalue weighted by atomic mass is 32.2. The fourth-order valence-electron chi connectivity index (χ4n) is 3.12. The number of fused-ring (bicyclic) bond motifs is 1. The van der Waals surface area contributed by atoms with Crippen molar-refractivity contribution in [3.05, 3.63) is 28.6 Å². The van der Waals surface area contributed by atoms with Crippen LogP contribution >= 0.6 is 11.3 Å². The number of amides is 1. The van der Waals surface area contributed by atoms with Gasteiger partial charge < -0.3 is 4.57 Å². The van der Waals surface area contributed by atoms with Crippen LogP contribution in [0.1, 0.15) is 25.3 Å². The molecule has 1 saturated heterocycles. The molecule has 2 aromatic rings. The van der Waals surface area contributed by atoms with E-state index in [1.165, 1.54) is 15.6 Å². The smallest absolute Gasteiger partial charge is 0.266 e. The monoisotopic (exact) mass is 367 g/mol. The first-order valence-corrected chi connectivity index (χ1v) is 10.6. The first-order chi connectivity index (χ1) is 11.3. The van der Waals surface area contributed by atoms with Gasteiger partial charge in [-0.2, -0.15) is 9.30 Å². The zero-order chi connectivity index (χ0) is 17.5. The lowest BCUT2D eigenvalue weighted by Gasteiger charge is -2.18. The number of aryl methyl sites for hydroxylation is 2. The molecule has 2 heterocycles. The molecule has 6 nitrogen and oxygen atoms in total. The summed E-state index contributed by atoms with van der Waals surface area (Å²) in [5.74, 6) is -0.372. The standard InChI is InChI=1S/C16H21N3O3S2/c1-4-18-12-8-7-11(2)10-14(12)23-16(18)17-15(20)13-6-5-9-19(13)24(3,21)22/h7-8,10,13H,4-6,9H2,1-3H3. The Morgan fingerprint density at radius 2 is 2.17 bits per heavy atom. The lowest BCUT2D eigenvalue weighted by molar-refractivity contribution is -0.121. The second kappa shape index (κ2) is 6.42. The van der Waals surface area contributed by atoms with Crippen LogP contribution in [0.15, 0.2) is 23.2 Å². The Hall–Kier alpha value is -1.51. The number of hydrogen-bond acceptors (Lipinski definition) is 4. The molecule has 0 radical (unpaired) electrons. The highest BCUT2D eigenvalue weighted by Gasteiger charge is 2.36. The maximum Gasteiger partial charge on any atom is 0.266 e. The van der Waals surface area contributed by atoms with E-state index in [-0.39, 0.29) is 5.91 Å². The number of benzene rings is 1. The molecule has 1 aromatic heterocycles. The predicted molar refractivity (Wildman–Crippen MR) is 95.4 cm³/mol. The number of hydrogen-bond donors (Lipinski definition) is 0. The Bertz CT molecular complexity index is 957. The van der Waals surface area contributed by atoms with Crippen molar-refractivity contribution in [2.75, 3.05) is 12.8 Å². The van der Waals surface area contributed by atoms with Gasteiger partial charge in [0.25, 0.3) is 5.91 Å². The summed E-state index contributed by atoms with van der Waals surface area (Å²) in [4.78, 5) is 17.5. The van der Waals surface area contributed by atoms with Gasteiger partial charge in [-0.15, -0.1) is 0 Å². The topological polar surface area (TPSA) is 71.7 Å². The molecular formula is C16H21N3O3S2. The number of carbonyl (C=O) groups is 1. The Kier molecular flexibility index (Phi) is 4.63. The van der Waals surface area contributed by atoms with Gasteiger partial charge in [-0.05, 0) is 44.4 Å². The van der Waals surface area contributed by atoms with Crippen LogP contribution in [0.4, 0.5) is 0 Å².